The lowest BCUT2D eigenvalue weighted by Gasteiger charge is -2.15. The van der Waals surface area contributed by atoms with Crippen molar-refractivity contribution in [2.75, 3.05) is 6.54 Å². The molecular weight excluding hydrogens is 248 g/mol. The molecule has 0 unspecified atom stereocenters. The van der Waals surface area contributed by atoms with Crippen LogP contribution < -0.4 is 10.7 Å². The number of para-hydroxylation sites is 1. The standard InChI is InChI=1S/C17H22N2O/c1-4-9-18-11-15-12-19(14(3)10-17(15)20)16-8-6-5-7-13(16)2/h5-8,10,12,18H,4,9,11H2,1-3H3. The molecule has 3 nitrogen and oxygen atoms in total. The van der Waals surface area contributed by atoms with Crippen molar-refractivity contribution in [3.8, 4) is 5.69 Å². The summed E-state index contributed by atoms with van der Waals surface area (Å²) in [6.07, 6.45) is 3.03. The Kier molecular flexibility index (Phi) is 4.74. The maximum Gasteiger partial charge on any atom is 0.186 e. The zero-order valence-electron chi connectivity index (χ0n) is 12.4. The van der Waals surface area contributed by atoms with Crippen molar-refractivity contribution in [1.29, 1.82) is 0 Å². The smallest absolute Gasteiger partial charge is 0.186 e. The summed E-state index contributed by atoms with van der Waals surface area (Å²) in [7, 11) is 0. The molecule has 20 heavy (non-hydrogen) atoms. The zero-order valence-corrected chi connectivity index (χ0v) is 12.4. The number of rotatable bonds is 5. The van der Waals surface area contributed by atoms with E-state index >= 15 is 0 Å². The maximum absolute atomic E-state index is 12.0. The van der Waals surface area contributed by atoms with Gasteiger partial charge in [-0.3, -0.25) is 4.79 Å². The van der Waals surface area contributed by atoms with Gasteiger partial charge >= 0.3 is 0 Å². The molecule has 0 aliphatic rings. The molecule has 0 fully saturated rings. The van der Waals surface area contributed by atoms with Gasteiger partial charge in [-0.15, -0.1) is 0 Å². The Hall–Kier alpha value is -1.87. The quantitative estimate of drug-likeness (QED) is 0.848. The third-order valence-corrected chi connectivity index (χ3v) is 3.44. The number of benzene rings is 1. The third kappa shape index (κ3) is 3.17. The Balaban J connectivity index is 2.41. The first-order valence-corrected chi connectivity index (χ1v) is 7.12. The van der Waals surface area contributed by atoms with Gasteiger partial charge in [-0.1, -0.05) is 25.1 Å². The fraction of sp³-hybridized carbons (Fsp3) is 0.353. The van der Waals surface area contributed by atoms with Crippen LogP contribution in [-0.4, -0.2) is 11.1 Å². The van der Waals surface area contributed by atoms with Crippen molar-refractivity contribution >= 4 is 0 Å². The molecule has 1 N–H and O–H groups in total. The van der Waals surface area contributed by atoms with Gasteiger partial charge in [-0.2, -0.15) is 0 Å². The number of nitrogens with zero attached hydrogens (tertiary/aromatic N) is 1. The van der Waals surface area contributed by atoms with Gasteiger partial charge in [-0.05, 0) is 38.4 Å². The van der Waals surface area contributed by atoms with Gasteiger partial charge in [0.1, 0.15) is 0 Å². The largest absolute Gasteiger partial charge is 0.320 e. The fourth-order valence-corrected chi connectivity index (χ4v) is 2.30. The van der Waals surface area contributed by atoms with E-state index in [0.717, 1.165) is 29.9 Å². The molecule has 1 aromatic carbocycles. The summed E-state index contributed by atoms with van der Waals surface area (Å²) in [6.45, 7) is 7.73. The number of pyridine rings is 1. The molecule has 0 aliphatic carbocycles. The van der Waals surface area contributed by atoms with Crippen LogP contribution in [0.25, 0.3) is 5.69 Å². The predicted molar refractivity (Wildman–Crippen MR) is 83.5 cm³/mol. The molecule has 0 spiro atoms. The molecule has 0 amide bonds. The van der Waals surface area contributed by atoms with Gasteiger partial charge in [0, 0.05) is 35.8 Å². The van der Waals surface area contributed by atoms with E-state index in [4.69, 9.17) is 0 Å². The number of nitrogens with one attached hydrogen (secondary N) is 1. The highest BCUT2D eigenvalue weighted by Gasteiger charge is 2.07. The average molecular weight is 270 g/mol. The van der Waals surface area contributed by atoms with Crippen LogP contribution >= 0.6 is 0 Å². The Morgan fingerprint density at radius 2 is 1.95 bits per heavy atom. The summed E-state index contributed by atoms with van der Waals surface area (Å²) >= 11 is 0. The highest BCUT2D eigenvalue weighted by atomic mass is 16.1. The molecule has 0 radical (unpaired) electrons. The monoisotopic (exact) mass is 270 g/mol. The van der Waals surface area contributed by atoms with Crippen molar-refractivity contribution < 1.29 is 0 Å². The first kappa shape index (κ1) is 14.5. The van der Waals surface area contributed by atoms with Crippen LogP contribution in [0.2, 0.25) is 0 Å². The van der Waals surface area contributed by atoms with E-state index in [-0.39, 0.29) is 5.43 Å². The summed E-state index contributed by atoms with van der Waals surface area (Å²) in [4.78, 5) is 12.0. The van der Waals surface area contributed by atoms with E-state index in [9.17, 15) is 4.79 Å². The zero-order chi connectivity index (χ0) is 14.5. The van der Waals surface area contributed by atoms with E-state index in [0.29, 0.717) is 6.54 Å². The maximum atomic E-state index is 12.0. The molecule has 106 valence electrons. The second kappa shape index (κ2) is 6.53. The molecule has 2 aromatic rings. The summed E-state index contributed by atoms with van der Waals surface area (Å²) in [5, 5.41) is 3.29. The third-order valence-electron chi connectivity index (χ3n) is 3.44. The molecule has 1 aromatic heterocycles. The Labute approximate surface area is 120 Å². The Bertz CT molecular complexity index is 644. The molecule has 1 heterocycles. The molecular formula is C17H22N2O. The molecule has 0 saturated carbocycles. The van der Waals surface area contributed by atoms with Crippen molar-refractivity contribution in [3.05, 3.63) is 63.6 Å². The predicted octanol–water partition coefficient (Wildman–Crippen LogP) is 2.95. The van der Waals surface area contributed by atoms with Gasteiger partial charge in [0.25, 0.3) is 0 Å². The number of aromatic nitrogens is 1. The molecule has 2 rings (SSSR count). The SMILES string of the molecule is CCCNCc1cn(-c2ccccc2C)c(C)cc1=O. The van der Waals surface area contributed by atoms with Crippen LogP contribution in [0, 0.1) is 13.8 Å². The van der Waals surface area contributed by atoms with Gasteiger partial charge in [0.05, 0.1) is 0 Å². The fourth-order valence-electron chi connectivity index (χ4n) is 2.30. The van der Waals surface area contributed by atoms with Crippen molar-refractivity contribution in [3.63, 3.8) is 0 Å². The lowest BCUT2D eigenvalue weighted by atomic mass is 10.1. The van der Waals surface area contributed by atoms with Crippen molar-refractivity contribution in [1.82, 2.24) is 9.88 Å². The second-order valence-corrected chi connectivity index (χ2v) is 5.14. The Morgan fingerprint density at radius 3 is 2.65 bits per heavy atom. The summed E-state index contributed by atoms with van der Waals surface area (Å²) < 4.78 is 2.10. The van der Waals surface area contributed by atoms with Gasteiger partial charge in [0.2, 0.25) is 0 Å². The van der Waals surface area contributed by atoms with E-state index in [2.05, 4.69) is 35.9 Å². The van der Waals surface area contributed by atoms with Gasteiger partial charge in [0.15, 0.2) is 5.43 Å². The number of aryl methyl sites for hydroxylation is 2. The van der Waals surface area contributed by atoms with Crippen LogP contribution in [0.3, 0.4) is 0 Å². The van der Waals surface area contributed by atoms with Crippen LogP contribution in [0.5, 0.6) is 0 Å². The van der Waals surface area contributed by atoms with Crippen molar-refractivity contribution in [2.24, 2.45) is 0 Å². The molecule has 0 aliphatic heterocycles. The minimum absolute atomic E-state index is 0.107. The van der Waals surface area contributed by atoms with E-state index in [1.807, 2.05) is 25.3 Å². The summed E-state index contributed by atoms with van der Waals surface area (Å²) in [6, 6.07) is 9.93. The first-order valence-electron chi connectivity index (χ1n) is 7.12. The first-order chi connectivity index (χ1) is 9.63. The summed E-state index contributed by atoms with van der Waals surface area (Å²) in [5.41, 5.74) is 4.21. The lowest BCUT2D eigenvalue weighted by Crippen LogP contribution is -2.22. The Morgan fingerprint density at radius 1 is 1.20 bits per heavy atom. The van der Waals surface area contributed by atoms with Gasteiger partial charge < -0.3 is 9.88 Å². The molecule has 0 atom stereocenters. The highest BCUT2D eigenvalue weighted by molar-refractivity contribution is 5.42. The van der Waals surface area contributed by atoms with Gasteiger partial charge in [-0.25, -0.2) is 0 Å². The van der Waals surface area contributed by atoms with Crippen molar-refractivity contribution in [2.45, 2.75) is 33.7 Å². The second-order valence-electron chi connectivity index (χ2n) is 5.14. The van der Waals surface area contributed by atoms with Crippen LogP contribution in [0.4, 0.5) is 0 Å². The minimum Gasteiger partial charge on any atom is -0.320 e. The number of hydrogen-bond acceptors (Lipinski definition) is 2. The molecule has 3 heteroatoms. The minimum atomic E-state index is 0.107. The van der Waals surface area contributed by atoms with Crippen LogP contribution in [0.1, 0.15) is 30.2 Å². The summed E-state index contributed by atoms with van der Waals surface area (Å²) in [5.74, 6) is 0. The molecule has 0 bridgehead atoms. The highest BCUT2D eigenvalue weighted by Crippen LogP contribution is 2.15. The lowest BCUT2D eigenvalue weighted by molar-refractivity contribution is 0.668. The normalized spacial score (nSPS) is 10.8. The van der Waals surface area contributed by atoms with E-state index in [1.54, 1.807) is 6.07 Å². The molecule has 0 saturated heterocycles. The van der Waals surface area contributed by atoms with Crippen LogP contribution in [0.15, 0.2) is 41.3 Å². The van der Waals surface area contributed by atoms with E-state index in [1.165, 1.54) is 5.56 Å². The van der Waals surface area contributed by atoms with E-state index < -0.39 is 0 Å². The van der Waals surface area contributed by atoms with Crippen LogP contribution in [-0.2, 0) is 6.54 Å². The number of hydrogen-bond donors (Lipinski definition) is 1. The average Bonchev–Trinajstić information content (AvgIpc) is 2.42. The topological polar surface area (TPSA) is 34.0 Å².